The Labute approximate surface area is 106 Å². The van der Waals surface area contributed by atoms with Gasteiger partial charge in [-0.05, 0) is 13.0 Å². The SMILES string of the molecule is C=C(/C=C\C=C/C)C(=O)OS.CC(=O)OS. The average Bonchev–Trinajstić information content (AvgIpc) is 2.28. The van der Waals surface area contributed by atoms with Crippen molar-refractivity contribution >= 4 is 37.8 Å². The summed E-state index contributed by atoms with van der Waals surface area (Å²) >= 11 is 6.50. The van der Waals surface area contributed by atoms with E-state index in [2.05, 4.69) is 40.8 Å². The van der Waals surface area contributed by atoms with E-state index in [0.29, 0.717) is 0 Å². The topological polar surface area (TPSA) is 52.6 Å². The fraction of sp³-hybridized carbons (Fsp3) is 0.200. The van der Waals surface area contributed by atoms with Crippen molar-refractivity contribution in [2.24, 2.45) is 0 Å². The predicted molar refractivity (Wildman–Crippen MR) is 68.9 cm³/mol. The molecule has 16 heavy (non-hydrogen) atoms. The molecule has 0 heterocycles. The summed E-state index contributed by atoms with van der Waals surface area (Å²) in [7, 11) is 0. The van der Waals surface area contributed by atoms with Gasteiger partial charge in [0.05, 0.1) is 5.57 Å². The van der Waals surface area contributed by atoms with E-state index in [1.807, 2.05) is 13.0 Å². The van der Waals surface area contributed by atoms with E-state index >= 15 is 0 Å². The van der Waals surface area contributed by atoms with Crippen molar-refractivity contribution in [2.75, 3.05) is 0 Å². The third kappa shape index (κ3) is 12.9. The molecule has 0 N–H and O–H groups in total. The maximum atomic E-state index is 10.6. The Bertz CT molecular complexity index is 295. The van der Waals surface area contributed by atoms with Gasteiger partial charge in [0.1, 0.15) is 0 Å². The van der Waals surface area contributed by atoms with E-state index in [9.17, 15) is 9.59 Å². The van der Waals surface area contributed by atoms with Crippen molar-refractivity contribution in [3.63, 3.8) is 0 Å². The molecule has 0 unspecified atom stereocenters. The first-order chi connectivity index (χ1) is 7.49. The fourth-order valence-electron chi connectivity index (χ4n) is 0.409. The zero-order valence-corrected chi connectivity index (χ0v) is 10.8. The van der Waals surface area contributed by atoms with Gasteiger partial charge in [-0.15, -0.1) is 0 Å². The second-order valence-electron chi connectivity index (χ2n) is 2.37. The molecule has 90 valence electrons. The first kappa shape index (κ1) is 17.3. The van der Waals surface area contributed by atoms with E-state index in [-0.39, 0.29) is 11.5 Å². The standard InChI is InChI=1S/C8H10O2S.C2H4O2S/c1-3-4-5-6-7(2)8(9)10-11;1-2(3)4-5/h3-6,11H,2H2,1H3;5H,1H3/b4-3-,6-5-;. The monoisotopic (exact) mass is 262 g/mol. The summed E-state index contributed by atoms with van der Waals surface area (Å²) in [4.78, 5) is 20.1. The summed E-state index contributed by atoms with van der Waals surface area (Å²) in [5.41, 5.74) is 0.276. The lowest BCUT2D eigenvalue weighted by atomic mass is 10.3. The molecule has 0 bridgehead atoms. The van der Waals surface area contributed by atoms with Gasteiger partial charge >= 0.3 is 11.9 Å². The highest BCUT2D eigenvalue weighted by molar-refractivity contribution is 7.75. The predicted octanol–water partition coefficient (Wildman–Crippen LogP) is 2.46. The molecule has 0 rings (SSSR count). The van der Waals surface area contributed by atoms with Crippen molar-refractivity contribution in [3.8, 4) is 0 Å². The van der Waals surface area contributed by atoms with Gasteiger partial charge in [-0.1, -0.05) is 24.8 Å². The molecule has 0 aliphatic heterocycles. The van der Waals surface area contributed by atoms with Crippen LogP contribution in [0.4, 0.5) is 0 Å². The van der Waals surface area contributed by atoms with Gasteiger partial charge in [-0.25, -0.2) is 4.79 Å². The molecule has 0 aliphatic rings. The number of allylic oxidation sites excluding steroid dienone is 3. The van der Waals surface area contributed by atoms with Gasteiger partial charge in [0.2, 0.25) is 0 Å². The highest BCUT2D eigenvalue weighted by Gasteiger charge is 2.00. The Balaban J connectivity index is 0. The van der Waals surface area contributed by atoms with Gasteiger partial charge in [0.15, 0.2) is 0 Å². The van der Waals surface area contributed by atoms with E-state index in [4.69, 9.17) is 0 Å². The first-order valence-corrected chi connectivity index (χ1v) is 4.88. The van der Waals surface area contributed by atoms with Gasteiger partial charge in [0, 0.05) is 32.7 Å². The molecule has 0 aromatic carbocycles. The van der Waals surface area contributed by atoms with Crippen LogP contribution in [0.5, 0.6) is 0 Å². The van der Waals surface area contributed by atoms with Gasteiger partial charge < -0.3 is 8.37 Å². The smallest absolute Gasteiger partial charge is 0.349 e. The van der Waals surface area contributed by atoms with E-state index in [0.717, 1.165) is 0 Å². The summed E-state index contributed by atoms with van der Waals surface area (Å²) in [6.07, 6.45) is 6.89. The zero-order valence-electron chi connectivity index (χ0n) is 9.04. The van der Waals surface area contributed by atoms with Crippen LogP contribution in [0.2, 0.25) is 0 Å². The van der Waals surface area contributed by atoms with Crippen LogP contribution in [-0.4, -0.2) is 11.9 Å². The van der Waals surface area contributed by atoms with Crippen molar-refractivity contribution in [3.05, 3.63) is 36.5 Å². The summed E-state index contributed by atoms with van der Waals surface area (Å²) in [5.74, 6) is -0.914. The van der Waals surface area contributed by atoms with Crippen LogP contribution in [0, 0.1) is 0 Å². The van der Waals surface area contributed by atoms with E-state index in [1.165, 1.54) is 6.92 Å². The lowest BCUT2D eigenvalue weighted by molar-refractivity contribution is -0.130. The van der Waals surface area contributed by atoms with Crippen LogP contribution in [0.1, 0.15) is 13.8 Å². The van der Waals surface area contributed by atoms with Gasteiger partial charge in [-0.3, -0.25) is 4.79 Å². The first-order valence-electron chi connectivity index (χ1n) is 4.15. The number of hydrogen-bond acceptors (Lipinski definition) is 6. The van der Waals surface area contributed by atoms with Crippen LogP contribution < -0.4 is 0 Å². The molecular weight excluding hydrogens is 248 g/mol. The van der Waals surface area contributed by atoms with Crippen LogP contribution in [0.15, 0.2) is 36.5 Å². The largest absolute Gasteiger partial charge is 0.395 e. The molecular formula is C10H14O4S2. The van der Waals surface area contributed by atoms with Crippen LogP contribution in [0.3, 0.4) is 0 Å². The number of carbonyl (C=O) groups excluding carboxylic acids is 2. The van der Waals surface area contributed by atoms with Crippen molar-refractivity contribution in [1.82, 2.24) is 0 Å². The number of carbonyl (C=O) groups is 2. The van der Waals surface area contributed by atoms with E-state index < -0.39 is 5.97 Å². The molecule has 0 saturated carbocycles. The molecule has 0 aliphatic carbocycles. The number of rotatable bonds is 3. The lowest BCUT2D eigenvalue weighted by Gasteiger charge is -1.92. The minimum absolute atomic E-state index is 0.276. The number of thiol groups is 2. The third-order valence-corrected chi connectivity index (χ3v) is 1.50. The maximum Gasteiger partial charge on any atom is 0.349 e. The zero-order chi connectivity index (χ0) is 13.0. The Kier molecular flexibility index (Phi) is 12.9. The van der Waals surface area contributed by atoms with Crippen molar-refractivity contribution in [2.45, 2.75) is 13.8 Å². The summed E-state index contributed by atoms with van der Waals surface area (Å²) in [5, 5.41) is 0. The maximum absolute atomic E-state index is 10.6. The van der Waals surface area contributed by atoms with Crippen molar-refractivity contribution in [1.29, 1.82) is 0 Å². The molecule has 0 saturated heterocycles. The molecule has 0 spiro atoms. The fourth-order valence-corrected chi connectivity index (χ4v) is 0.527. The minimum Gasteiger partial charge on any atom is -0.395 e. The van der Waals surface area contributed by atoms with Crippen LogP contribution in [0.25, 0.3) is 0 Å². The molecule has 0 aromatic rings. The summed E-state index contributed by atoms with van der Waals surface area (Å²) in [6.45, 7) is 6.62. The molecule has 0 amide bonds. The second-order valence-corrected chi connectivity index (χ2v) is 2.74. The molecule has 0 atom stereocenters. The van der Waals surface area contributed by atoms with Crippen molar-refractivity contribution < 1.29 is 18.0 Å². The summed E-state index contributed by atoms with van der Waals surface area (Å²) in [6, 6.07) is 0. The highest BCUT2D eigenvalue weighted by atomic mass is 32.1. The third-order valence-electron chi connectivity index (χ3n) is 1.07. The van der Waals surface area contributed by atoms with Gasteiger partial charge in [0.25, 0.3) is 0 Å². The molecule has 4 nitrogen and oxygen atoms in total. The van der Waals surface area contributed by atoms with E-state index in [1.54, 1.807) is 18.2 Å². The Morgan fingerprint density at radius 2 is 1.69 bits per heavy atom. The molecule has 6 heteroatoms. The summed E-state index contributed by atoms with van der Waals surface area (Å²) < 4.78 is 7.93. The Hall–Kier alpha value is -1.14. The minimum atomic E-state index is -0.533. The van der Waals surface area contributed by atoms with Gasteiger partial charge in [-0.2, -0.15) is 0 Å². The number of hydrogen-bond donors (Lipinski definition) is 2. The Morgan fingerprint density at radius 3 is 2.00 bits per heavy atom. The second kappa shape index (κ2) is 11.9. The average molecular weight is 262 g/mol. The molecule has 0 aromatic heterocycles. The highest BCUT2D eigenvalue weighted by Crippen LogP contribution is 1.98. The lowest BCUT2D eigenvalue weighted by Crippen LogP contribution is -1.96. The molecule has 0 fully saturated rings. The van der Waals surface area contributed by atoms with Crippen LogP contribution >= 0.6 is 25.8 Å². The normalized spacial score (nSPS) is 9.50. The van der Waals surface area contributed by atoms with Crippen LogP contribution in [-0.2, 0) is 18.0 Å². The molecule has 0 radical (unpaired) electrons. The Morgan fingerprint density at radius 1 is 1.19 bits per heavy atom. The quantitative estimate of drug-likeness (QED) is 0.355.